The van der Waals surface area contributed by atoms with E-state index >= 15 is 0 Å². The monoisotopic (exact) mass is 356 g/mol. The zero-order chi connectivity index (χ0) is 18.7. The fourth-order valence-corrected chi connectivity index (χ4v) is 2.73. The number of carbonyl (C=O) groups is 3. The first-order valence-corrected chi connectivity index (χ1v) is 9.20. The van der Waals surface area contributed by atoms with Crippen LogP contribution in [0, 0.1) is 5.92 Å². The van der Waals surface area contributed by atoms with Crippen molar-refractivity contribution in [2.45, 2.75) is 65.0 Å². The predicted molar refractivity (Wildman–Crippen MR) is 94.1 cm³/mol. The molecule has 1 fully saturated rings. The number of amides is 2. The minimum atomic E-state index is -0.133. The number of ether oxygens (including phenoxy) is 2. The lowest BCUT2D eigenvalue weighted by molar-refractivity contribution is -0.129. The Morgan fingerprint density at radius 2 is 1.76 bits per heavy atom. The molecule has 1 rings (SSSR count). The zero-order valence-electron chi connectivity index (χ0n) is 15.6. The van der Waals surface area contributed by atoms with Gasteiger partial charge >= 0.3 is 0 Å². The summed E-state index contributed by atoms with van der Waals surface area (Å²) in [4.78, 5) is 35.1. The standard InChI is InChI=1S/C18H32N2O5/c1-4-16(21)11-19-18(23)14-5-7-15(8-6-14)20-17(22)12-24-9-10-25-13(2)3/h13-15H,4-12H2,1-3H3,(H,19,23)(H,20,22). The maximum absolute atomic E-state index is 12.0. The van der Waals surface area contributed by atoms with Gasteiger partial charge in [-0.3, -0.25) is 14.4 Å². The fourth-order valence-electron chi connectivity index (χ4n) is 2.73. The minimum Gasteiger partial charge on any atom is -0.376 e. The van der Waals surface area contributed by atoms with Gasteiger partial charge in [-0.1, -0.05) is 6.92 Å². The van der Waals surface area contributed by atoms with Crippen LogP contribution in [0.25, 0.3) is 0 Å². The molecule has 7 heteroatoms. The Balaban J connectivity index is 2.14. The molecular weight excluding hydrogens is 324 g/mol. The quantitative estimate of drug-likeness (QED) is 0.543. The van der Waals surface area contributed by atoms with Crippen molar-refractivity contribution in [3.05, 3.63) is 0 Å². The van der Waals surface area contributed by atoms with E-state index in [9.17, 15) is 14.4 Å². The van der Waals surface area contributed by atoms with Gasteiger partial charge in [-0.15, -0.1) is 0 Å². The highest BCUT2D eigenvalue weighted by atomic mass is 16.5. The number of hydrogen-bond donors (Lipinski definition) is 2. The minimum absolute atomic E-state index is 0.0288. The van der Waals surface area contributed by atoms with Crippen molar-refractivity contribution in [3.63, 3.8) is 0 Å². The average Bonchev–Trinajstić information content (AvgIpc) is 2.59. The molecule has 0 bridgehead atoms. The molecule has 0 aliphatic heterocycles. The maximum Gasteiger partial charge on any atom is 0.246 e. The molecule has 0 heterocycles. The Morgan fingerprint density at radius 3 is 2.36 bits per heavy atom. The van der Waals surface area contributed by atoms with Crippen LogP contribution in [-0.4, -0.2) is 56.1 Å². The molecule has 144 valence electrons. The Morgan fingerprint density at radius 1 is 1.08 bits per heavy atom. The molecule has 0 atom stereocenters. The molecule has 2 amide bonds. The van der Waals surface area contributed by atoms with Crippen molar-refractivity contribution >= 4 is 17.6 Å². The second-order valence-electron chi connectivity index (χ2n) is 6.70. The highest BCUT2D eigenvalue weighted by molar-refractivity contribution is 5.86. The molecule has 7 nitrogen and oxygen atoms in total. The highest BCUT2D eigenvalue weighted by Crippen LogP contribution is 2.24. The van der Waals surface area contributed by atoms with E-state index in [0.717, 1.165) is 25.7 Å². The van der Waals surface area contributed by atoms with Crippen LogP contribution in [-0.2, 0) is 23.9 Å². The lowest BCUT2D eigenvalue weighted by Crippen LogP contribution is -2.42. The molecule has 1 saturated carbocycles. The van der Waals surface area contributed by atoms with Crippen molar-refractivity contribution in [1.29, 1.82) is 0 Å². The summed E-state index contributed by atoms with van der Waals surface area (Å²) in [6, 6.07) is 0.0873. The van der Waals surface area contributed by atoms with Crippen LogP contribution in [0.1, 0.15) is 52.9 Å². The number of Topliss-reactive ketones (excluding diaryl/α,β-unsaturated/α-hetero) is 1. The second kappa shape index (κ2) is 12.0. The van der Waals surface area contributed by atoms with Gasteiger partial charge in [-0.2, -0.15) is 0 Å². The largest absolute Gasteiger partial charge is 0.376 e. The van der Waals surface area contributed by atoms with Crippen LogP contribution in [0.5, 0.6) is 0 Å². The molecule has 0 saturated heterocycles. The lowest BCUT2D eigenvalue weighted by Gasteiger charge is -2.28. The van der Waals surface area contributed by atoms with E-state index in [0.29, 0.717) is 19.6 Å². The Hall–Kier alpha value is -1.47. The van der Waals surface area contributed by atoms with Crippen molar-refractivity contribution in [2.75, 3.05) is 26.4 Å². The lowest BCUT2D eigenvalue weighted by atomic mass is 9.85. The molecule has 0 aromatic rings. The molecule has 1 aliphatic rings. The van der Waals surface area contributed by atoms with Gasteiger partial charge in [-0.05, 0) is 39.5 Å². The van der Waals surface area contributed by atoms with Crippen LogP contribution in [0.4, 0.5) is 0 Å². The summed E-state index contributed by atoms with van der Waals surface area (Å²) in [6.45, 7) is 6.70. The van der Waals surface area contributed by atoms with Crippen LogP contribution in [0.15, 0.2) is 0 Å². The van der Waals surface area contributed by atoms with Crippen molar-refractivity contribution in [2.24, 2.45) is 5.92 Å². The first-order chi connectivity index (χ1) is 11.9. The predicted octanol–water partition coefficient (Wildman–Crippen LogP) is 1.20. The van der Waals surface area contributed by atoms with Crippen LogP contribution < -0.4 is 10.6 Å². The summed E-state index contributed by atoms with van der Waals surface area (Å²) < 4.78 is 10.6. The molecule has 1 aliphatic carbocycles. The van der Waals surface area contributed by atoms with Crippen molar-refractivity contribution in [1.82, 2.24) is 10.6 Å². The summed E-state index contributed by atoms with van der Waals surface area (Å²) in [5.74, 6) is -0.221. The van der Waals surface area contributed by atoms with Gasteiger partial charge in [0.25, 0.3) is 0 Å². The summed E-state index contributed by atoms with van der Waals surface area (Å²) in [5, 5.41) is 5.65. The normalized spacial score (nSPS) is 20.3. The summed E-state index contributed by atoms with van der Waals surface area (Å²) in [5.41, 5.74) is 0. The van der Waals surface area contributed by atoms with Gasteiger partial charge in [0.15, 0.2) is 5.78 Å². The van der Waals surface area contributed by atoms with Gasteiger partial charge in [0.05, 0.1) is 25.9 Å². The summed E-state index contributed by atoms with van der Waals surface area (Å²) >= 11 is 0. The molecular formula is C18H32N2O5. The fraction of sp³-hybridized carbons (Fsp3) is 0.833. The van der Waals surface area contributed by atoms with Crippen LogP contribution in [0.2, 0.25) is 0 Å². The third kappa shape index (κ3) is 9.55. The average molecular weight is 356 g/mol. The molecule has 25 heavy (non-hydrogen) atoms. The molecule has 0 spiro atoms. The van der Waals surface area contributed by atoms with Gasteiger partial charge in [0.2, 0.25) is 11.8 Å². The van der Waals surface area contributed by atoms with E-state index in [-0.39, 0.29) is 48.8 Å². The summed E-state index contributed by atoms with van der Waals surface area (Å²) in [6.07, 6.45) is 3.57. The number of ketones is 1. The van der Waals surface area contributed by atoms with Crippen molar-refractivity contribution < 1.29 is 23.9 Å². The van der Waals surface area contributed by atoms with Crippen molar-refractivity contribution in [3.8, 4) is 0 Å². The van der Waals surface area contributed by atoms with E-state index in [1.165, 1.54) is 0 Å². The Labute approximate surface area is 150 Å². The highest BCUT2D eigenvalue weighted by Gasteiger charge is 2.27. The molecule has 0 radical (unpaired) electrons. The van der Waals surface area contributed by atoms with E-state index in [4.69, 9.17) is 9.47 Å². The van der Waals surface area contributed by atoms with Gasteiger partial charge < -0.3 is 20.1 Å². The second-order valence-corrected chi connectivity index (χ2v) is 6.70. The zero-order valence-corrected chi connectivity index (χ0v) is 15.6. The van der Waals surface area contributed by atoms with Gasteiger partial charge in [0, 0.05) is 18.4 Å². The van der Waals surface area contributed by atoms with E-state index in [2.05, 4.69) is 10.6 Å². The number of carbonyl (C=O) groups excluding carboxylic acids is 3. The Kier molecular flexibility index (Phi) is 10.3. The van der Waals surface area contributed by atoms with Gasteiger partial charge in [-0.25, -0.2) is 0 Å². The maximum atomic E-state index is 12.0. The molecule has 0 aromatic carbocycles. The molecule has 2 N–H and O–H groups in total. The summed E-state index contributed by atoms with van der Waals surface area (Å²) in [7, 11) is 0. The molecule has 0 aromatic heterocycles. The molecule has 0 unspecified atom stereocenters. The van der Waals surface area contributed by atoms with E-state index in [1.54, 1.807) is 6.92 Å². The van der Waals surface area contributed by atoms with Crippen LogP contribution in [0.3, 0.4) is 0 Å². The van der Waals surface area contributed by atoms with E-state index in [1.807, 2.05) is 13.8 Å². The number of rotatable bonds is 11. The number of nitrogens with one attached hydrogen (secondary N) is 2. The SMILES string of the molecule is CCC(=O)CNC(=O)C1CCC(NC(=O)COCCOC(C)C)CC1. The van der Waals surface area contributed by atoms with Gasteiger partial charge in [0.1, 0.15) is 6.61 Å². The number of hydrogen-bond acceptors (Lipinski definition) is 5. The van der Waals surface area contributed by atoms with E-state index < -0.39 is 0 Å². The van der Waals surface area contributed by atoms with Crippen LogP contribution >= 0.6 is 0 Å². The third-order valence-corrected chi connectivity index (χ3v) is 4.23. The first kappa shape index (κ1) is 21.6. The third-order valence-electron chi connectivity index (χ3n) is 4.23. The Bertz CT molecular complexity index is 431. The topological polar surface area (TPSA) is 93.7 Å². The smallest absolute Gasteiger partial charge is 0.246 e. The first-order valence-electron chi connectivity index (χ1n) is 9.20.